The van der Waals surface area contributed by atoms with Crippen molar-refractivity contribution >= 4 is 22.0 Å². The first-order valence-corrected chi connectivity index (χ1v) is 5.58. The maximum atomic E-state index is 12.6. The summed E-state index contributed by atoms with van der Waals surface area (Å²) in [6.07, 6.45) is 2.79. The molecule has 0 amide bonds. The highest BCUT2D eigenvalue weighted by molar-refractivity contribution is 9.10. The fourth-order valence-electron chi connectivity index (χ4n) is 1.12. The number of hydrogen-bond acceptors (Lipinski definition) is 0. The lowest BCUT2D eigenvalue weighted by Gasteiger charge is -2.19. The summed E-state index contributed by atoms with van der Waals surface area (Å²) in [6.45, 7) is -3.12. The molecule has 0 fully saturated rings. The average molecular weight is 293 g/mol. The highest BCUT2D eigenvalue weighted by atomic mass is 79.9. The van der Waals surface area contributed by atoms with Crippen LogP contribution >= 0.6 is 15.9 Å². The van der Waals surface area contributed by atoms with Crippen molar-refractivity contribution in [1.82, 2.24) is 0 Å². The van der Waals surface area contributed by atoms with E-state index in [1.807, 2.05) is 12.1 Å². The van der Waals surface area contributed by atoms with E-state index in [9.17, 15) is 13.2 Å². The van der Waals surface area contributed by atoms with Gasteiger partial charge in [0.15, 0.2) is 0 Å². The van der Waals surface area contributed by atoms with Crippen molar-refractivity contribution in [3.63, 3.8) is 0 Å². The van der Waals surface area contributed by atoms with Gasteiger partial charge in [0, 0.05) is 4.47 Å². The molecule has 0 aliphatic rings. The third-order valence-corrected chi connectivity index (χ3v) is 3.04. The number of allylic oxidation sites excluding steroid dienone is 1. The van der Waals surface area contributed by atoms with Crippen molar-refractivity contribution in [3.8, 4) is 0 Å². The second-order valence-electron chi connectivity index (χ2n) is 3.62. The lowest BCUT2D eigenvalue weighted by atomic mass is 9.92. The molecule has 0 saturated heterocycles. The zero-order valence-electron chi connectivity index (χ0n) is 8.60. The molecule has 0 saturated carbocycles. The molecule has 0 unspecified atom stereocenters. The Labute approximate surface area is 101 Å². The molecule has 0 N–H and O–H groups in total. The van der Waals surface area contributed by atoms with Crippen molar-refractivity contribution < 1.29 is 13.2 Å². The van der Waals surface area contributed by atoms with Crippen molar-refractivity contribution in [1.29, 1.82) is 0 Å². The lowest BCUT2D eigenvalue weighted by Crippen LogP contribution is -2.25. The molecule has 0 bridgehead atoms. The Bertz CT molecular complexity index is 351. The van der Waals surface area contributed by atoms with Crippen LogP contribution in [0.5, 0.6) is 0 Å². The minimum atomic E-state index is -1.63. The molecule has 88 valence electrons. The molecular formula is C12H12BrF3. The van der Waals surface area contributed by atoms with Crippen LogP contribution in [-0.4, -0.2) is 20.0 Å². The van der Waals surface area contributed by atoms with Crippen LogP contribution in [0.25, 0.3) is 6.08 Å². The predicted molar refractivity (Wildman–Crippen MR) is 63.5 cm³/mol. The van der Waals surface area contributed by atoms with Crippen LogP contribution in [0.3, 0.4) is 0 Å². The zero-order chi connectivity index (χ0) is 12.0. The Hall–Kier alpha value is -0.770. The molecule has 0 atom stereocenters. The molecule has 0 aromatic heterocycles. The van der Waals surface area contributed by atoms with E-state index >= 15 is 0 Å². The maximum absolute atomic E-state index is 12.6. The zero-order valence-corrected chi connectivity index (χ0v) is 10.2. The Morgan fingerprint density at radius 3 is 2.12 bits per heavy atom. The van der Waals surface area contributed by atoms with Crippen LogP contribution in [0.1, 0.15) is 5.56 Å². The van der Waals surface area contributed by atoms with E-state index in [1.54, 1.807) is 12.1 Å². The van der Waals surface area contributed by atoms with Crippen molar-refractivity contribution in [3.05, 3.63) is 40.4 Å². The van der Waals surface area contributed by atoms with E-state index in [1.165, 1.54) is 12.2 Å². The van der Waals surface area contributed by atoms with E-state index in [2.05, 4.69) is 15.9 Å². The molecule has 0 aliphatic carbocycles. The van der Waals surface area contributed by atoms with Crippen molar-refractivity contribution in [2.24, 2.45) is 5.41 Å². The molecule has 1 aromatic carbocycles. The first kappa shape index (κ1) is 13.3. The van der Waals surface area contributed by atoms with Crippen LogP contribution in [0.2, 0.25) is 0 Å². The van der Waals surface area contributed by atoms with Gasteiger partial charge in [-0.1, -0.05) is 46.3 Å². The first-order valence-electron chi connectivity index (χ1n) is 4.79. The summed E-state index contributed by atoms with van der Waals surface area (Å²) in [4.78, 5) is 0. The SMILES string of the molecule is FCC(/C=C/c1ccccc1Br)(CF)CF. The number of hydrogen-bond donors (Lipinski definition) is 0. The second kappa shape index (κ2) is 6.09. The number of alkyl halides is 3. The summed E-state index contributed by atoms with van der Waals surface area (Å²) in [5, 5.41) is 0. The van der Waals surface area contributed by atoms with Crippen molar-refractivity contribution in [2.75, 3.05) is 20.0 Å². The third-order valence-electron chi connectivity index (χ3n) is 2.32. The molecule has 0 heterocycles. The van der Waals surface area contributed by atoms with Gasteiger partial charge in [0.05, 0.1) is 5.41 Å². The lowest BCUT2D eigenvalue weighted by molar-refractivity contribution is 0.164. The molecule has 0 spiro atoms. The quantitative estimate of drug-likeness (QED) is 0.756. The van der Waals surface area contributed by atoms with Gasteiger partial charge in [-0.2, -0.15) is 0 Å². The minimum absolute atomic E-state index is 0.766. The van der Waals surface area contributed by atoms with Gasteiger partial charge in [-0.3, -0.25) is 0 Å². The number of benzene rings is 1. The first-order chi connectivity index (χ1) is 7.67. The average Bonchev–Trinajstić information content (AvgIpc) is 2.34. The summed E-state index contributed by atoms with van der Waals surface area (Å²) in [5.41, 5.74) is -0.864. The summed E-state index contributed by atoms with van der Waals surface area (Å²) in [6, 6.07) is 7.21. The van der Waals surface area contributed by atoms with Crippen LogP contribution in [0, 0.1) is 5.41 Å². The van der Waals surface area contributed by atoms with Crippen LogP contribution < -0.4 is 0 Å². The van der Waals surface area contributed by atoms with Gasteiger partial charge in [-0.25, -0.2) is 13.2 Å². The molecule has 0 radical (unpaired) electrons. The molecule has 0 aliphatic heterocycles. The fraction of sp³-hybridized carbons (Fsp3) is 0.333. The highest BCUT2D eigenvalue weighted by Gasteiger charge is 2.27. The fourth-order valence-corrected chi connectivity index (χ4v) is 1.53. The number of halogens is 4. The summed E-state index contributed by atoms with van der Waals surface area (Å²) in [7, 11) is 0. The highest BCUT2D eigenvalue weighted by Crippen LogP contribution is 2.25. The molecular weight excluding hydrogens is 281 g/mol. The van der Waals surface area contributed by atoms with Gasteiger partial charge in [0.25, 0.3) is 0 Å². The molecule has 4 heteroatoms. The van der Waals surface area contributed by atoms with Crippen LogP contribution in [-0.2, 0) is 0 Å². The Morgan fingerprint density at radius 1 is 1.06 bits per heavy atom. The monoisotopic (exact) mass is 292 g/mol. The molecule has 1 rings (SSSR count). The van der Waals surface area contributed by atoms with E-state index in [0.717, 1.165) is 10.0 Å². The minimum Gasteiger partial charge on any atom is -0.250 e. The van der Waals surface area contributed by atoms with E-state index in [-0.39, 0.29) is 0 Å². The summed E-state index contributed by atoms with van der Waals surface area (Å²) < 4.78 is 38.5. The normalized spacial score (nSPS) is 12.2. The van der Waals surface area contributed by atoms with Crippen molar-refractivity contribution in [2.45, 2.75) is 0 Å². The summed E-state index contributed by atoms with van der Waals surface area (Å²) >= 11 is 3.30. The molecule has 16 heavy (non-hydrogen) atoms. The Balaban J connectivity index is 2.91. The van der Waals surface area contributed by atoms with Gasteiger partial charge in [0.1, 0.15) is 20.0 Å². The Morgan fingerprint density at radius 2 is 1.62 bits per heavy atom. The van der Waals surface area contributed by atoms with Gasteiger partial charge >= 0.3 is 0 Å². The van der Waals surface area contributed by atoms with Gasteiger partial charge in [0.2, 0.25) is 0 Å². The van der Waals surface area contributed by atoms with Crippen LogP contribution in [0.15, 0.2) is 34.8 Å². The predicted octanol–water partition coefficient (Wildman–Crippen LogP) is 4.36. The van der Waals surface area contributed by atoms with Gasteiger partial charge in [-0.05, 0) is 11.6 Å². The van der Waals surface area contributed by atoms with E-state index in [0.29, 0.717) is 0 Å². The number of rotatable bonds is 5. The molecule has 1 aromatic rings. The smallest absolute Gasteiger partial charge is 0.104 e. The van der Waals surface area contributed by atoms with E-state index < -0.39 is 25.4 Å². The summed E-state index contributed by atoms with van der Waals surface area (Å²) in [5.74, 6) is 0. The largest absolute Gasteiger partial charge is 0.250 e. The van der Waals surface area contributed by atoms with Gasteiger partial charge < -0.3 is 0 Å². The van der Waals surface area contributed by atoms with E-state index in [4.69, 9.17) is 0 Å². The third kappa shape index (κ3) is 3.11. The second-order valence-corrected chi connectivity index (χ2v) is 4.47. The Kier molecular flexibility index (Phi) is 5.06. The topological polar surface area (TPSA) is 0 Å². The maximum Gasteiger partial charge on any atom is 0.104 e. The standard InChI is InChI=1S/C12H12BrF3/c13-11-4-2-1-3-10(11)5-6-12(7-14,8-15)9-16/h1-6H,7-9H2/b6-5+. The van der Waals surface area contributed by atoms with Crippen LogP contribution in [0.4, 0.5) is 13.2 Å². The molecule has 0 nitrogen and oxygen atoms in total. The van der Waals surface area contributed by atoms with Gasteiger partial charge in [-0.15, -0.1) is 0 Å².